The number of aryl methyl sites for hydroxylation is 1. The molecule has 0 radical (unpaired) electrons. The molecule has 0 saturated carbocycles. The summed E-state index contributed by atoms with van der Waals surface area (Å²) in [6, 6.07) is 5.89. The molecule has 0 bridgehead atoms. The molecule has 6 nitrogen and oxygen atoms in total. The van der Waals surface area contributed by atoms with Gasteiger partial charge in [0.2, 0.25) is 0 Å². The van der Waals surface area contributed by atoms with Crippen molar-refractivity contribution in [2.75, 3.05) is 13.1 Å². The maximum atomic E-state index is 12.4. The molecule has 0 unspecified atom stereocenters. The molecule has 1 N–H and O–H groups in total. The molecule has 126 valence electrons. The largest absolute Gasteiger partial charge is 0.338 e. The molecular formula is C17H20ClN5O. The third-order valence-electron chi connectivity index (χ3n) is 4.78. The smallest absolute Gasteiger partial charge is 0.317 e. The van der Waals surface area contributed by atoms with Crippen molar-refractivity contribution in [3.63, 3.8) is 0 Å². The lowest BCUT2D eigenvalue weighted by molar-refractivity contribution is 0.192. The minimum atomic E-state index is -0.0261. The molecule has 4 rings (SSSR count). The first-order valence-corrected chi connectivity index (χ1v) is 8.79. The van der Waals surface area contributed by atoms with Gasteiger partial charge in [-0.15, -0.1) is 10.2 Å². The maximum absolute atomic E-state index is 12.4. The highest BCUT2D eigenvalue weighted by Gasteiger charge is 2.21. The van der Waals surface area contributed by atoms with Gasteiger partial charge < -0.3 is 14.8 Å². The van der Waals surface area contributed by atoms with E-state index >= 15 is 0 Å². The number of carbonyl (C=O) groups is 1. The van der Waals surface area contributed by atoms with Crippen molar-refractivity contribution in [3.8, 4) is 0 Å². The molecule has 0 spiro atoms. The molecule has 0 saturated heterocycles. The zero-order valence-corrected chi connectivity index (χ0v) is 14.2. The lowest BCUT2D eigenvalue weighted by Gasteiger charge is -2.29. The van der Waals surface area contributed by atoms with E-state index in [1.807, 2.05) is 17.0 Å². The Labute approximate surface area is 145 Å². The Bertz CT molecular complexity index is 772. The summed E-state index contributed by atoms with van der Waals surface area (Å²) in [5, 5.41) is 12.1. The predicted octanol–water partition coefficient (Wildman–Crippen LogP) is 2.19. The lowest BCUT2D eigenvalue weighted by Crippen LogP contribution is -2.43. The second kappa shape index (κ2) is 6.43. The van der Waals surface area contributed by atoms with E-state index in [2.05, 4.69) is 26.1 Å². The van der Waals surface area contributed by atoms with E-state index in [9.17, 15) is 4.79 Å². The standard InChI is InChI=1S/C17H20ClN5O/c18-14-4-3-12-6-9-22(11-13(12)10-14)17(24)19-7-5-16-21-20-15-2-1-8-23(15)16/h3-4,10H,1-2,5-9,11H2,(H,19,24). The fraction of sp³-hybridized carbons (Fsp3) is 0.471. The van der Waals surface area contributed by atoms with Crippen LogP contribution in [0, 0.1) is 0 Å². The zero-order chi connectivity index (χ0) is 16.5. The first-order chi connectivity index (χ1) is 11.7. The Kier molecular flexibility index (Phi) is 4.14. The van der Waals surface area contributed by atoms with Crippen LogP contribution >= 0.6 is 11.6 Å². The van der Waals surface area contributed by atoms with Crippen LogP contribution < -0.4 is 5.32 Å². The normalized spacial score (nSPS) is 16.0. The van der Waals surface area contributed by atoms with E-state index in [1.54, 1.807) is 0 Å². The highest BCUT2D eigenvalue weighted by Crippen LogP contribution is 2.22. The van der Waals surface area contributed by atoms with Crippen molar-refractivity contribution in [1.82, 2.24) is 25.0 Å². The molecule has 24 heavy (non-hydrogen) atoms. The first-order valence-electron chi connectivity index (χ1n) is 8.42. The zero-order valence-electron chi connectivity index (χ0n) is 13.5. The van der Waals surface area contributed by atoms with Crippen LogP contribution in [-0.2, 0) is 32.4 Å². The minimum Gasteiger partial charge on any atom is -0.338 e. The molecule has 1 aromatic heterocycles. The molecular weight excluding hydrogens is 326 g/mol. The molecule has 2 amide bonds. The molecule has 2 aliphatic rings. The maximum Gasteiger partial charge on any atom is 0.317 e. The van der Waals surface area contributed by atoms with Crippen LogP contribution in [0.5, 0.6) is 0 Å². The highest BCUT2D eigenvalue weighted by molar-refractivity contribution is 6.30. The monoisotopic (exact) mass is 345 g/mol. The van der Waals surface area contributed by atoms with E-state index < -0.39 is 0 Å². The van der Waals surface area contributed by atoms with Crippen molar-refractivity contribution in [2.45, 2.75) is 38.8 Å². The number of aromatic nitrogens is 3. The van der Waals surface area contributed by atoms with E-state index in [0.29, 0.717) is 13.1 Å². The van der Waals surface area contributed by atoms with Crippen LogP contribution in [0.1, 0.15) is 29.2 Å². The summed E-state index contributed by atoms with van der Waals surface area (Å²) in [7, 11) is 0. The summed E-state index contributed by atoms with van der Waals surface area (Å²) < 4.78 is 2.17. The second-order valence-corrected chi connectivity index (χ2v) is 6.79. The summed E-state index contributed by atoms with van der Waals surface area (Å²) in [6.45, 7) is 2.92. The van der Waals surface area contributed by atoms with Crippen LogP contribution in [0.25, 0.3) is 0 Å². The molecule has 0 atom stereocenters. The number of benzene rings is 1. The van der Waals surface area contributed by atoms with Gasteiger partial charge in [0.05, 0.1) is 0 Å². The van der Waals surface area contributed by atoms with Gasteiger partial charge in [-0.25, -0.2) is 4.79 Å². The Hall–Kier alpha value is -2.08. The quantitative estimate of drug-likeness (QED) is 0.927. The summed E-state index contributed by atoms with van der Waals surface area (Å²) in [4.78, 5) is 14.2. The molecule has 2 aromatic rings. The van der Waals surface area contributed by atoms with E-state index in [0.717, 1.165) is 61.0 Å². The van der Waals surface area contributed by atoms with Gasteiger partial charge >= 0.3 is 6.03 Å². The minimum absolute atomic E-state index is 0.0261. The van der Waals surface area contributed by atoms with E-state index in [1.165, 1.54) is 5.56 Å². The van der Waals surface area contributed by atoms with Crippen molar-refractivity contribution in [2.24, 2.45) is 0 Å². The SMILES string of the molecule is O=C(NCCc1nnc2n1CCC2)N1CCc2ccc(Cl)cc2C1. The predicted molar refractivity (Wildman–Crippen MR) is 91.0 cm³/mol. The number of halogens is 1. The average molecular weight is 346 g/mol. The Balaban J connectivity index is 1.32. The van der Waals surface area contributed by atoms with Gasteiger partial charge in [0, 0.05) is 44.0 Å². The van der Waals surface area contributed by atoms with E-state index in [-0.39, 0.29) is 6.03 Å². The summed E-state index contributed by atoms with van der Waals surface area (Å²) >= 11 is 6.06. The number of amides is 2. The van der Waals surface area contributed by atoms with Gasteiger partial charge in [0.25, 0.3) is 0 Å². The topological polar surface area (TPSA) is 63.1 Å². The van der Waals surface area contributed by atoms with Gasteiger partial charge in [-0.1, -0.05) is 17.7 Å². The molecule has 2 aliphatic heterocycles. The highest BCUT2D eigenvalue weighted by atomic mass is 35.5. The average Bonchev–Trinajstić information content (AvgIpc) is 3.18. The summed E-state index contributed by atoms with van der Waals surface area (Å²) in [5.41, 5.74) is 2.42. The van der Waals surface area contributed by atoms with Gasteiger partial charge in [-0.2, -0.15) is 0 Å². The third-order valence-corrected chi connectivity index (χ3v) is 5.01. The summed E-state index contributed by atoms with van der Waals surface area (Å²) in [6.07, 6.45) is 3.74. The van der Waals surface area contributed by atoms with Gasteiger partial charge in [0.1, 0.15) is 11.6 Å². The van der Waals surface area contributed by atoms with Crippen molar-refractivity contribution in [3.05, 3.63) is 46.0 Å². The number of hydrogen-bond donors (Lipinski definition) is 1. The third kappa shape index (κ3) is 2.98. The van der Waals surface area contributed by atoms with Crippen LogP contribution in [0.3, 0.4) is 0 Å². The number of nitrogens with one attached hydrogen (secondary N) is 1. The van der Waals surface area contributed by atoms with Crippen LogP contribution in [0.4, 0.5) is 4.79 Å². The summed E-state index contributed by atoms with van der Waals surface area (Å²) in [5.74, 6) is 2.04. The van der Waals surface area contributed by atoms with Crippen molar-refractivity contribution < 1.29 is 4.79 Å². The Morgan fingerprint density at radius 1 is 1.21 bits per heavy atom. The number of fused-ring (bicyclic) bond motifs is 2. The molecule has 0 aliphatic carbocycles. The van der Waals surface area contributed by atoms with Crippen LogP contribution in [0.2, 0.25) is 5.02 Å². The Morgan fingerprint density at radius 3 is 3.04 bits per heavy atom. The lowest BCUT2D eigenvalue weighted by atomic mass is 10.0. The van der Waals surface area contributed by atoms with Crippen molar-refractivity contribution >= 4 is 17.6 Å². The number of carbonyl (C=O) groups excluding carboxylic acids is 1. The van der Waals surface area contributed by atoms with Crippen molar-refractivity contribution in [1.29, 1.82) is 0 Å². The second-order valence-electron chi connectivity index (χ2n) is 6.35. The molecule has 0 fully saturated rings. The fourth-order valence-corrected chi connectivity index (χ4v) is 3.68. The van der Waals surface area contributed by atoms with Gasteiger partial charge in [-0.3, -0.25) is 0 Å². The Morgan fingerprint density at radius 2 is 2.12 bits per heavy atom. The fourth-order valence-electron chi connectivity index (χ4n) is 3.49. The molecule has 1 aromatic carbocycles. The number of nitrogens with zero attached hydrogens (tertiary/aromatic N) is 4. The van der Waals surface area contributed by atoms with Gasteiger partial charge in [-0.05, 0) is 36.1 Å². The van der Waals surface area contributed by atoms with Crippen LogP contribution in [-0.4, -0.2) is 38.8 Å². The number of urea groups is 1. The van der Waals surface area contributed by atoms with E-state index in [4.69, 9.17) is 11.6 Å². The van der Waals surface area contributed by atoms with Gasteiger partial charge in [0.15, 0.2) is 0 Å². The molecule has 7 heteroatoms. The van der Waals surface area contributed by atoms with Crippen LogP contribution in [0.15, 0.2) is 18.2 Å². The number of rotatable bonds is 3. The number of hydrogen-bond acceptors (Lipinski definition) is 3. The first kappa shape index (κ1) is 15.4. The molecule has 3 heterocycles.